The Hall–Kier alpha value is -1.63. The highest BCUT2D eigenvalue weighted by Crippen LogP contribution is 2.23. The molecule has 1 aliphatic rings. The second-order valence-corrected chi connectivity index (χ2v) is 20.9. The van der Waals surface area contributed by atoms with E-state index in [9.17, 15) is 35.4 Å². The van der Waals surface area contributed by atoms with E-state index in [0.29, 0.717) is 19.3 Å². The Bertz CT molecular complexity index is 1210. The maximum atomic E-state index is 13.1. The SMILES string of the molecule is CCC/C=C/CC/C=C/CC/C=C/C(O)C(COC1OC(CO)C(O)C(O)C1O)NC(=O)C(O)CCCCCCCCCCCCCCCCCCCCCCCCCCCCCCCCCCCC. The van der Waals surface area contributed by atoms with Crippen molar-refractivity contribution in [2.75, 3.05) is 13.2 Å². The largest absolute Gasteiger partial charge is 0.394 e. The molecule has 0 spiro atoms. The molecule has 8 atom stereocenters. The molecule has 412 valence electrons. The zero-order chi connectivity index (χ0) is 51.0. The van der Waals surface area contributed by atoms with Crippen molar-refractivity contribution in [2.24, 2.45) is 0 Å². The highest BCUT2D eigenvalue weighted by atomic mass is 16.7. The molecule has 0 bridgehead atoms. The van der Waals surface area contributed by atoms with Crippen LogP contribution in [0.4, 0.5) is 0 Å². The molecule has 10 heteroatoms. The van der Waals surface area contributed by atoms with Gasteiger partial charge < -0.3 is 45.4 Å². The molecule has 1 heterocycles. The summed E-state index contributed by atoms with van der Waals surface area (Å²) in [5, 5.41) is 64.8. The summed E-state index contributed by atoms with van der Waals surface area (Å²) in [5.74, 6) is -0.628. The molecule has 1 amide bonds. The smallest absolute Gasteiger partial charge is 0.249 e. The van der Waals surface area contributed by atoms with E-state index in [2.05, 4.69) is 43.5 Å². The van der Waals surface area contributed by atoms with Crippen LogP contribution in [-0.4, -0.2) is 98.7 Å². The first-order valence-corrected chi connectivity index (χ1v) is 29.8. The van der Waals surface area contributed by atoms with Crippen LogP contribution in [0.3, 0.4) is 0 Å². The second kappa shape index (κ2) is 49.6. The maximum Gasteiger partial charge on any atom is 0.249 e. The van der Waals surface area contributed by atoms with Crippen LogP contribution in [0.15, 0.2) is 36.5 Å². The van der Waals surface area contributed by atoms with E-state index in [1.807, 2.05) is 6.08 Å². The van der Waals surface area contributed by atoms with E-state index in [4.69, 9.17) is 9.47 Å². The number of nitrogens with one attached hydrogen (secondary N) is 1. The zero-order valence-corrected chi connectivity index (χ0v) is 45.4. The summed E-state index contributed by atoms with van der Waals surface area (Å²) >= 11 is 0. The molecule has 0 saturated carbocycles. The molecule has 0 aromatic carbocycles. The third-order valence-corrected chi connectivity index (χ3v) is 14.3. The average Bonchev–Trinajstić information content (AvgIpc) is 3.36. The van der Waals surface area contributed by atoms with Gasteiger partial charge in [-0.25, -0.2) is 0 Å². The van der Waals surface area contributed by atoms with Crippen LogP contribution in [0.1, 0.15) is 277 Å². The number of carbonyl (C=O) groups is 1. The van der Waals surface area contributed by atoms with Crippen molar-refractivity contribution in [2.45, 2.75) is 326 Å². The lowest BCUT2D eigenvalue weighted by Gasteiger charge is -2.40. The summed E-state index contributed by atoms with van der Waals surface area (Å²) < 4.78 is 11.1. The van der Waals surface area contributed by atoms with Gasteiger partial charge >= 0.3 is 0 Å². The summed E-state index contributed by atoms with van der Waals surface area (Å²) in [6.45, 7) is 3.53. The standard InChI is InChI=1S/C60H113NO9/c1-3-5-7-9-11-13-15-16-17-18-19-20-21-22-23-24-25-26-27-28-29-30-31-32-33-34-35-36-37-39-41-43-45-47-49-54(64)59(68)61-52(51-69-60-58(67)57(66)56(65)55(50-62)70-60)53(63)48-46-44-42-40-38-14-12-10-8-6-4-2/h8,10,38,40,46,48,52-58,60,62-67H,3-7,9,11-37,39,41-45,47,49-51H2,1-2H3,(H,61,68)/b10-8+,40-38+,48-46+. The first kappa shape index (κ1) is 66.4. The summed E-state index contributed by atoms with van der Waals surface area (Å²) in [5.41, 5.74) is 0. The van der Waals surface area contributed by atoms with Gasteiger partial charge in [0, 0.05) is 0 Å². The first-order chi connectivity index (χ1) is 34.3. The molecule has 0 radical (unpaired) electrons. The summed E-state index contributed by atoms with van der Waals surface area (Å²) in [7, 11) is 0. The van der Waals surface area contributed by atoms with Crippen molar-refractivity contribution < 1.29 is 44.9 Å². The highest BCUT2D eigenvalue weighted by Gasteiger charge is 2.44. The van der Waals surface area contributed by atoms with Gasteiger partial charge in [0.2, 0.25) is 5.91 Å². The molecule has 7 N–H and O–H groups in total. The lowest BCUT2D eigenvalue weighted by molar-refractivity contribution is -0.302. The van der Waals surface area contributed by atoms with E-state index in [1.165, 1.54) is 193 Å². The quantitative estimate of drug-likeness (QED) is 0.0232. The van der Waals surface area contributed by atoms with Crippen LogP contribution in [-0.2, 0) is 14.3 Å². The van der Waals surface area contributed by atoms with Crippen molar-refractivity contribution in [3.8, 4) is 0 Å². The van der Waals surface area contributed by atoms with Gasteiger partial charge in [0.1, 0.15) is 30.5 Å². The number of hydrogen-bond donors (Lipinski definition) is 7. The fourth-order valence-corrected chi connectivity index (χ4v) is 9.50. The van der Waals surface area contributed by atoms with Crippen LogP contribution >= 0.6 is 0 Å². The van der Waals surface area contributed by atoms with Gasteiger partial charge in [-0.05, 0) is 38.5 Å². The molecule has 70 heavy (non-hydrogen) atoms. The average molecular weight is 993 g/mol. The maximum absolute atomic E-state index is 13.1. The van der Waals surface area contributed by atoms with Gasteiger partial charge in [0.05, 0.1) is 25.4 Å². The van der Waals surface area contributed by atoms with Crippen LogP contribution in [0.2, 0.25) is 0 Å². The molecule has 0 aromatic rings. The normalized spacial score (nSPS) is 20.0. The second-order valence-electron chi connectivity index (χ2n) is 20.9. The van der Waals surface area contributed by atoms with Crippen molar-refractivity contribution in [1.82, 2.24) is 5.32 Å². The highest BCUT2D eigenvalue weighted by molar-refractivity contribution is 5.80. The molecule has 1 saturated heterocycles. The Kier molecular flexibility index (Phi) is 47.0. The fourth-order valence-electron chi connectivity index (χ4n) is 9.50. The summed E-state index contributed by atoms with van der Waals surface area (Å²) in [6.07, 6.45) is 54.4. The van der Waals surface area contributed by atoms with Gasteiger partial charge in [0.15, 0.2) is 6.29 Å². The number of rotatable bonds is 51. The zero-order valence-electron chi connectivity index (χ0n) is 45.4. The minimum Gasteiger partial charge on any atom is -0.394 e. The van der Waals surface area contributed by atoms with Crippen molar-refractivity contribution in [3.05, 3.63) is 36.5 Å². The van der Waals surface area contributed by atoms with Crippen molar-refractivity contribution >= 4 is 5.91 Å². The van der Waals surface area contributed by atoms with Gasteiger partial charge in [-0.1, -0.05) is 275 Å². The Labute approximate surface area is 430 Å². The topological polar surface area (TPSA) is 169 Å². The Morgan fingerprint density at radius 2 is 0.843 bits per heavy atom. The van der Waals surface area contributed by atoms with E-state index in [1.54, 1.807) is 6.08 Å². The Morgan fingerprint density at radius 1 is 0.486 bits per heavy atom. The minimum absolute atomic E-state index is 0.304. The van der Waals surface area contributed by atoms with Crippen LogP contribution in [0.25, 0.3) is 0 Å². The molecule has 0 aromatic heterocycles. The van der Waals surface area contributed by atoms with Crippen LogP contribution in [0, 0.1) is 0 Å². The molecule has 0 aliphatic carbocycles. The van der Waals surface area contributed by atoms with E-state index in [-0.39, 0.29) is 6.61 Å². The van der Waals surface area contributed by atoms with Crippen LogP contribution in [0.5, 0.6) is 0 Å². The van der Waals surface area contributed by atoms with Gasteiger partial charge in [-0.15, -0.1) is 0 Å². The van der Waals surface area contributed by atoms with Gasteiger partial charge in [-0.2, -0.15) is 0 Å². The predicted molar refractivity (Wildman–Crippen MR) is 292 cm³/mol. The molecule has 10 nitrogen and oxygen atoms in total. The Balaban J connectivity index is 2.09. The third kappa shape index (κ3) is 38.0. The molecular weight excluding hydrogens is 879 g/mol. The molecule has 8 unspecified atom stereocenters. The third-order valence-electron chi connectivity index (χ3n) is 14.3. The number of unbranched alkanes of at least 4 members (excludes halogenated alkanes) is 36. The Morgan fingerprint density at radius 3 is 1.21 bits per heavy atom. The lowest BCUT2D eigenvalue weighted by Crippen LogP contribution is -2.60. The first-order valence-electron chi connectivity index (χ1n) is 29.8. The number of aliphatic hydroxyl groups is 6. The van der Waals surface area contributed by atoms with Crippen LogP contribution < -0.4 is 5.32 Å². The number of aliphatic hydroxyl groups excluding tert-OH is 6. The van der Waals surface area contributed by atoms with Crippen molar-refractivity contribution in [1.29, 1.82) is 0 Å². The fraction of sp³-hybridized carbons (Fsp3) is 0.883. The number of allylic oxidation sites excluding steroid dienone is 5. The number of amides is 1. The number of ether oxygens (including phenoxy) is 2. The predicted octanol–water partition coefficient (Wildman–Crippen LogP) is 13.7. The molecule has 1 rings (SSSR count). The number of carbonyl (C=O) groups excluding carboxylic acids is 1. The van der Waals surface area contributed by atoms with Gasteiger partial charge in [-0.3, -0.25) is 4.79 Å². The van der Waals surface area contributed by atoms with E-state index < -0.39 is 61.5 Å². The summed E-state index contributed by atoms with van der Waals surface area (Å²) in [4.78, 5) is 13.1. The van der Waals surface area contributed by atoms with Crippen molar-refractivity contribution in [3.63, 3.8) is 0 Å². The van der Waals surface area contributed by atoms with Gasteiger partial charge in [0.25, 0.3) is 0 Å². The summed E-state index contributed by atoms with van der Waals surface area (Å²) in [6, 6.07) is -1.00. The molecule has 1 fully saturated rings. The van der Waals surface area contributed by atoms with E-state index in [0.717, 1.165) is 51.4 Å². The lowest BCUT2D eigenvalue weighted by atomic mass is 9.99. The molecular formula is C60H113NO9. The van der Waals surface area contributed by atoms with E-state index >= 15 is 0 Å². The minimum atomic E-state index is -1.62. The monoisotopic (exact) mass is 992 g/mol. The number of hydrogen-bond acceptors (Lipinski definition) is 9. The molecule has 1 aliphatic heterocycles.